The predicted molar refractivity (Wildman–Crippen MR) is 134 cm³/mol. The minimum absolute atomic E-state index is 1.07. The Hall–Kier alpha value is -1.91. The van der Waals surface area contributed by atoms with Crippen LogP contribution in [0.25, 0.3) is 20.4 Å². The zero-order valence-corrected chi connectivity index (χ0v) is 22.5. The van der Waals surface area contributed by atoms with E-state index in [9.17, 15) is 0 Å². The maximum absolute atomic E-state index is 8.52. The van der Waals surface area contributed by atoms with Crippen LogP contribution in [0.3, 0.4) is 0 Å². The van der Waals surface area contributed by atoms with Gasteiger partial charge in [0.05, 0.1) is 0 Å². The van der Waals surface area contributed by atoms with Gasteiger partial charge in [-0.1, -0.05) is 60.8 Å². The number of thiazole rings is 2. The molecule has 33 heavy (non-hydrogen) atoms. The van der Waals surface area contributed by atoms with Crippen molar-refractivity contribution in [2.75, 3.05) is 0 Å². The summed E-state index contributed by atoms with van der Waals surface area (Å²) in [6, 6.07) is 13.2. The molecule has 0 aliphatic rings. The monoisotopic (exact) mass is 508 g/mol. The van der Waals surface area contributed by atoms with E-state index in [-0.39, 0.29) is 0 Å². The molecule has 0 unspecified atom stereocenters. The lowest BCUT2D eigenvalue weighted by Crippen LogP contribution is -2.34. The van der Waals surface area contributed by atoms with Crippen LogP contribution in [0.2, 0.25) is 0 Å². The summed E-state index contributed by atoms with van der Waals surface area (Å²) in [7, 11) is -5.17. The van der Waals surface area contributed by atoms with Crippen molar-refractivity contribution in [2.24, 2.45) is 0 Å². The van der Waals surface area contributed by atoms with Gasteiger partial charge in [-0.15, -0.1) is 0 Å². The Morgan fingerprint density at radius 1 is 0.727 bits per heavy atom. The molecule has 0 fully saturated rings. The van der Waals surface area contributed by atoms with Gasteiger partial charge in [0, 0.05) is 35.4 Å². The minimum Gasteiger partial charge on any atom is -0.759 e. The van der Waals surface area contributed by atoms with Crippen LogP contribution in [-0.4, -0.2) is 17.5 Å². The van der Waals surface area contributed by atoms with Gasteiger partial charge in [-0.25, -0.2) is 0 Å². The van der Waals surface area contributed by atoms with Gasteiger partial charge in [-0.05, 0) is 38.8 Å². The second kappa shape index (κ2) is 12.0. The SMILES string of the molecule is CCc1cccc2sc(C)[n+](CC)c12.CCc1cccc2sc(C)[n+](CC)c12.O=S(=O)([O-])[O-]. The first-order valence-corrected chi connectivity index (χ1v) is 14.0. The summed E-state index contributed by atoms with van der Waals surface area (Å²) in [5.41, 5.74) is 5.82. The number of hydrogen-bond acceptors (Lipinski definition) is 6. The van der Waals surface area contributed by atoms with Gasteiger partial charge in [-0.2, -0.15) is 9.13 Å². The van der Waals surface area contributed by atoms with Crippen LogP contribution in [0.4, 0.5) is 0 Å². The molecule has 2 aromatic carbocycles. The summed E-state index contributed by atoms with van der Waals surface area (Å²) in [5, 5.41) is 2.81. The van der Waals surface area contributed by atoms with Crippen LogP contribution in [0.1, 0.15) is 48.8 Å². The van der Waals surface area contributed by atoms with Crippen molar-refractivity contribution in [3.63, 3.8) is 0 Å². The quantitative estimate of drug-likeness (QED) is 0.225. The Labute approximate surface area is 204 Å². The lowest BCUT2D eigenvalue weighted by Gasteiger charge is -2.06. The zero-order chi connectivity index (χ0) is 24.8. The molecule has 0 N–H and O–H groups in total. The topological polar surface area (TPSA) is 88.0 Å². The number of fused-ring (bicyclic) bond motifs is 2. The van der Waals surface area contributed by atoms with E-state index >= 15 is 0 Å². The van der Waals surface area contributed by atoms with Crippen LogP contribution in [0, 0.1) is 13.8 Å². The van der Waals surface area contributed by atoms with Crippen LogP contribution in [0.15, 0.2) is 36.4 Å². The van der Waals surface area contributed by atoms with E-state index in [4.69, 9.17) is 17.5 Å². The molecule has 0 aliphatic carbocycles. The van der Waals surface area contributed by atoms with E-state index < -0.39 is 10.4 Å². The minimum atomic E-state index is -5.17. The molecule has 0 aliphatic heterocycles. The third-order valence-electron chi connectivity index (χ3n) is 5.37. The third-order valence-corrected chi connectivity index (χ3v) is 7.51. The molecule has 9 heteroatoms. The highest BCUT2D eigenvalue weighted by molar-refractivity contribution is 7.79. The van der Waals surface area contributed by atoms with Crippen molar-refractivity contribution < 1.29 is 26.7 Å². The highest BCUT2D eigenvalue weighted by Gasteiger charge is 2.18. The fourth-order valence-corrected chi connectivity index (χ4v) is 6.26. The highest BCUT2D eigenvalue weighted by Crippen LogP contribution is 2.24. The maximum Gasteiger partial charge on any atom is 0.235 e. The first-order chi connectivity index (χ1) is 15.5. The zero-order valence-electron chi connectivity index (χ0n) is 20.0. The van der Waals surface area contributed by atoms with E-state index in [1.807, 2.05) is 22.7 Å². The van der Waals surface area contributed by atoms with Crippen LogP contribution >= 0.6 is 22.7 Å². The number of rotatable bonds is 4. The molecule has 2 aromatic heterocycles. The summed E-state index contributed by atoms with van der Waals surface area (Å²) in [6.07, 6.45) is 2.24. The summed E-state index contributed by atoms with van der Waals surface area (Å²) < 4.78 is 41.8. The lowest BCUT2D eigenvalue weighted by molar-refractivity contribution is -0.669. The largest absolute Gasteiger partial charge is 0.759 e. The summed E-state index contributed by atoms with van der Waals surface area (Å²) in [5.74, 6) is 0. The number of para-hydroxylation sites is 2. The van der Waals surface area contributed by atoms with Gasteiger partial charge in [0.2, 0.25) is 21.0 Å². The number of aromatic nitrogens is 2. The number of nitrogens with zero attached hydrogens (tertiary/aromatic N) is 2. The van der Waals surface area contributed by atoms with Crippen LogP contribution in [0.5, 0.6) is 0 Å². The van der Waals surface area contributed by atoms with Crippen molar-refractivity contribution in [1.82, 2.24) is 0 Å². The molecule has 0 bridgehead atoms. The van der Waals surface area contributed by atoms with Crippen LogP contribution < -0.4 is 9.13 Å². The Kier molecular flexibility index (Phi) is 9.93. The molecular weight excluding hydrogens is 476 g/mol. The molecule has 0 amide bonds. The van der Waals surface area contributed by atoms with Gasteiger partial charge >= 0.3 is 0 Å². The molecule has 0 atom stereocenters. The van der Waals surface area contributed by atoms with Crippen molar-refractivity contribution in [2.45, 2.75) is 67.5 Å². The second-order valence-electron chi connectivity index (χ2n) is 7.37. The Morgan fingerprint density at radius 3 is 1.33 bits per heavy atom. The van der Waals surface area contributed by atoms with Crippen molar-refractivity contribution in [3.8, 4) is 0 Å². The molecule has 0 saturated carbocycles. The Bertz CT molecular complexity index is 1230. The average molecular weight is 509 g/mol. The van der Waals surface area contributed by atoms with E-state index in [0.717, 1.165) is 25.9 Å². The van der Waals surface area contributed by atoms with Gasteiger partial charge in [0.1, 0.15) is 22.5 Å². The molecule has 180 valence electrons. The molecular formula is C24H32N2O4S3. The predicted octanol–water partition coefficient (Wildman–Crippen LogP) is 4.82. The van der Waals surface area contributed by atoms with E-state index in [0.29, 0.717) is 0 Å². The normalized spacial score (nSPS) is 11.2. The fourth-order valence-electron chi connectivity index (χ4n) is 3.99. The summed E-state index contributed by atoms with van der Waals surface area (Å²) in [4.78, 5) is 0. The third kappa shape index (κ3) is 7.04. The molecule has 0 saturated heterocycles. The smallest absolute Gasteiger partial charge is 0.235 e. The van der Waals surface area contributed by atoms with Crippen LogP contribution in [-0.2, 0) is 36.3 Å². The summed E-state index contributed by atoms with van der Waals surface area (Å²) >= 11 is 3.79. The second-order valence-corrected chi connectivity index (χ2v) is 10.7. The number of hydrogen-bond donors (Lipinski definition) is 0. The van der Waals surface area contributed by atoms with E-state index in [1.54, 1.807) is 0 Å². The van der Waals surface area contributed by atoms with Crippen molar-refractivity contribution in [1.29, 1.82) is 0 Å². The van der Waals surface area contributed by atoms with E-state index in [2.05, 4.69) is 87.1 Å². The average Bonchev–Trinajstić information content (AvgIpc) is 3.26. The first-order valence-electron chi connectivity index (χ1n) is 11.0. The molecule has 4 rings (SSSR count). The number of benzene rings is 2. The Morgan fingerprint density at radius 2 is 1.06 bits per heavy atom. The molecule has 4 aromatic rings. The molecule has 6 nitrogen and oxygen atoms in total. The van der Waals surface area contributed by atoms with Gasteiger partial charge in [-0.3, -0.25) is 8.42 Å². The van der Waals surface area contributed by atoms with Gasteiger partial charge < -0.3 is 9.11 Å². The fraction of sp³-hybridized carbons (Fsp3) is 0.417. The van der Waals surface area contributed by atoms with Gasteiger partial charge in [0.15, 0.2) is 0 Å². The standard InChI is InChI=1S/2C12H16NS.H2O4S/c2*1-4-10-7-6-8-11-12(10)13(5-2)9(3)14-11;1-5(2,3)4/h2*6-8H,4-5H2,1-3H3;(H2,1,2,3,4)/q2*+1;/p-2. The van der Waals surface area contributed by atoms with Crippen molar-refractivity contribution in [3.05, 3.63) is 57.5 Å². The molecule has 2 heterocycles. The summed E-state index contributed by atoms with van der Waals surface area (Å²) in [6.45, 7) is 15.4. The van der Waals surface area contributed by atoms with E-state index in [1.165, 1.54) is 41.6 Å². The molecule has 0 radical (unpaired) electrons. The molecule has 0 spiro atoms. The van der Waals surface area contributed by atoms with Crippen molar-refractivity contribution >= 4 is 53.5 Å². The maximum atomic E-state index is 8.52. The van der Waals surface area contributed by atoms with Gasteiger partial charge in [0.25, 0.3) is 0 Å². The Balaban J connectivity index is 0.000000195. The highest BCUT2D eigenvalue weighted by atomic mass is 32.3. The first kappa shape index (κ1) is 27.3. The lowest BCUT2D eigenvalue weighted by atomic mass is 10.1. The number of aryl methyl sites for hydroxylation is 6.